The molecular weight excluding hydrogens is 228 g/mol. The van der Waals surface area contributed by atoms with Gasteiger partial charge in [-0.2, -0.15) is 5.26 Å². The highest BCUT2D eigenvalue weighted by molar-refractivity contribution is 5.78. The molecule has 1 unspecified atom stereocenters. The van der Waals surface area contributed by atoms with Gasteiger partial charge in [-0.1, -0.05) is 17.7 Å². The highest BCUT2D eigenvalue weighted by Crippen LogP contribution is 2.32. The molecule has 0 bridgehead atoms. The number of amides is 1. The van der Waals surface area contributed by atoms with Gasteiger partial charge >= 0.3 is 0 Å². The summed E-state index contributed by atoms with van der Waals surface area (Å²) in [6.45, 7) is 2.68. The van der Waals surface area contributed by atoms with Crippen LogP contribution in [-0.4, -0.2) is 12.5 Å². The molecule has 1 aromatic carbocycles. The summed E-state index contributed by atoms with van der Waals surface area (Å²) in [4.78, 5) is 11.5. The molecule has 0 aromatic heterocycles. The van der Waals surface area contributed by atoms with E-state index in [9.17, 15) is 4.79 Å². The van der Waals surface area contributed by atoms with Crippen molar-refractivity contribution in [2.75, 3.05) is 6.61 Å². The summed E-state index contributed by atoms with van der Waals surface area (Å²) in [5.41, 5.74) is 2.15. The Labute approximate surface area is 107 Å². The molecule has 4 nitrogen and oxygen atoms in total. The molecule has 1 atom stereocenters. The largest absolute Gasteiger partial charge is 0.493 e. The van der Waals surface area contributed by atoms with Crippen molar-refractivity contribution in [3.63, 3.8) is 0 Å². The Bertz CT molecular complexity index is 491. The van der Waals surface area contributed by atoms with Crippen molar-refractivity contribution in [3.8, 4) is 11.8 Å². The summed E-state index contributed by atoms with van der Waals surface area (Å²) in [7, 11) is 0. The third-order valence-electron chi connectivity index (χ3n) is 3.01. The van der Waals surface area contributed by atoms with Crippen LogP contribution < -0.4 is 10.1 Å². The van der Waals surface area contributed by atoms with Gasteiger partial charge in [-0.25, -0.2) is 0 Å². The fourth-order valence-corrected chi connectivity index (χ4v) is 2.16. The van der Waals surface area contributed by atoms with Crippen molar-refractivity contribution in [1.29, 1.82) is 5.26 Å². The van der Waals surface area contributed by atoms with E-state index in [-0.39, 0.29) is 18.4 Å². The summed E-state index contributed by atoms with van der Waals surface area (Å²) in [6.07, 6.45) is 1.64. The van der Waals surface area contributed by atoms with Crippen molar-refractivity contribution >= 4 is 5.91 Å². The van der Waals surface area contributed by atoms with E-state index in [1.807, 2.05) is 31.2 Å². The first-order valence-corrected chi connectivity index (χ1v) is 6.10. The Morgan fingerprint density at radius 3 is 3.22 bits per heavy atom. The minimum atomic E-state index is -0.225. The monoisotopic (exact) mass is 244 g/mol. The van der Waals surface area contributed by atoms with Crippen LogP contribution in [0.2, 0.25) is 0 Å². The van der Waals surface area contributed by atoms with Gasteiger partial charge in [0.2, 0.25) is 5.91 Å². The number of hydrogen-bond acceptors (Lipinski definition) is 3. The van der Waals surface area contributed by atoms with Gasteiger partial charge in [-0.05, 0) is 25.8 Å². The number of nitriles is 1. The Balaban J connectivity index is 2.24. The fourth-order valence-electron chi connectivity index (χ4n) is 2.16. The summed E-state index contributed by atoms with van der Waals surface area (Å²) >= 11 is 0. The summed E-state index contributed by atoms with van der Waals surface area (Å²) in [5.74, 6) is 0.609. The fraction of sp³-hybridized carbons (Fsp3) is 0.429. The molecule has 1 N–H and O–H groups in total. The van der Waals surface area contributed by atoms with Gasteiger partial charge < -0.3 is 10.1 Å². The number of rotatable bonds is 2. The number of benzene rings is 1. The predicted molar refractivity (Wildman–Crippen MR) is 67.0 cm³/mol. The van der Waals surface area contributed by atoms with Crippen LogP contribution in [0.15, 0.2) is 18.2 Å². The van der Waals surface area contributed by atoms with Gasteiger partial charge in [-0.3, -0.25) is 4.79 Å². The van der Waals surface area contributed by atoms with Gasteiger partial charge in [0.05, 0.1) is 18.7 Å². The second-order valence-electron chi connectivity index (χ2n) is 4.49. The summed E-state index contributed by atoms with van der Waals surface area (Å²) in [6, 6.07) is 7.79. The summed E-state index contributed by atoms with van der Waals surface area (Å²) < 4.78 is 5.66. The van der Waals surface area contributed by atoms with Crippen LogP contribution in [0.25, 0.3) is 0 Å². The lowest BCUT2D eigenvalue weighted by atomic mass is 10.00. The zero-order chi connectivity index (χ0) is 13.0. The Morgan fingerprint density at radius 2 is 2.44 bits per heavy atom. The van der Waals surface area contributed by atoms with Crippen molar-refractivity contribution in [2.24, 2.45) is 0 Å². The zero-order valence-electron chi connectivity index (χ0n) is 10.4. The molecule has 0 saturated carbocycles. The topological polar surface area (TPSA) is 62.1 Å². The average molecular weight is 244 g/mol. The highest BCUT2D eigenvalue weighted by Gasteiger charge is 2.21. The lowest BCUT2D eigenvalue weighted by molar-refractivity contribution is -0.120. The van der Waals surface area contributed by atoms with Crippen LogP contribution in [0.5, 0.6) is 5.75 Å². The maximum absolute atomic E-state index is 11.5. The summed E-state index contributed by atoms with van der Waals surface area (Å²) in [5, 5.41) is 11.4. The van der Waals surface area contributed by atoms with Gasteiger partial charge in [0.25, 0.3) is 0 Å². The van der Waals surface area contributed by atoms with Crippen molar-refractivity contribution < 1.29 is 9.53 Å². The van der Waals surface area contributed by atoms with E-state index in [0.29, 0.717) is 6.61 Å². The van der Waals surface area contributed by atoms with Gasteiger partial charge in [0.1, 0.15) is 12.2 Å². The quantitative estimate of drug-likeness (QED) is 0.867. The first-order valence-electron chi connectivity index (χ1n) is 6.10. The van der Waals surface area contributed by atoms with Gasteiger partial charge in [0, 0.05) is 5.56 Å². The van der Waals surface area contributed by atoms with Crippen LogP contribution in [-0.2, 0) is 4.79 Å². The molecule has 1 aliphatic heterocycles. The molecule has 0 saturated heterocycles. The minimum absolute atomic E-state index is 0.0525. The highest BCUT2D eigenvalue weighted by atomic mass is 16.5. The molecular formula is C14H16N2O2. The number of carbonyl (C=O) groups is 1. The number of hydrogen-bond donors (Lipinski definition) is 1. The Morgan fingerprint density at radius 1 is 1.61 bits per heavy atom. The van der Waals surface area contributed by atoms with Crippen LogP contribution in [0.1, 0.15) is 36.4 Å². The van der Waals surface area contributed by atoms with Crippen LogP contribution in [0, 0.1) is 18.3 Å². The maximum Gasteiger partial charge on any atom is 0.234 e. The first-order chi connectivity index (χ1) is 8.70. The molecule has 1 aliphatic rings. The molecule has 0 fully saturated rings. The van der Waals surface area contributed by atoms with E-state index in [2.05, 4.69) is 5.32 Å². The lowest BCUT2D eigenvalue weighted by Gasteiger charge is -2.18. The van der Waals surface area contributed by atoms with Gasteiger partial charge in [0.15, 0.2) is 0 Å². The number of nitrogens with zero attached hydrogens (tertiary/aromatic N) is 1. The van der Waals surface area contributed by atoms with E-state index in [1.54, 1.807) is 0 Å². The molecule has 1 aromatic rings. The normalized spacial score (nSPS) is 17.9. The molecule has 18 heavy (non-hydrogen) atoms. The molecule has 0 radical (unpaired) electrons. The van der Waals surface area contributed by atoms with E-state index in [4.69, 9.17) is 10.00 Å². The van der Waals surface area contributed by atoms with Crippen LogP contribution in [0.4, 0.5) is 0 Å². The van der Waals surface area contributed by atoms with Crippen LogP contribution >= 0.6 is 0 Å². The SMILES string of the molecule is Cc1ccc2c(c1)C(NC(=O)CC#N)CCCO2. The minimum Gasteiger partial charge on any atom is -0.493 e. The van der Waals surface area contributed by atoms with Crippen molar-refractivity contribution in [2.45, 2.75) is 32.2 Å². The molecule has 4 heteroatoms. The second-order valence-corrected chi connectivity index (χ2v) is 4.49. The standard InChI is InChI=1S/C14H16N2O2/c1-10-4-5-13-11(9-10)12(3-2-8-18-13)16-14(17)6-7-15/h4-5,9,12H,2-3,6,8H2,1H3,(H,16,17). The molecule has 0 aliphatic carbocycles. The van der Waals surface area contributed by atoms with E-state index < -0.39 is 0 Å². The van der Waals surface area contributed by atoms with E-state index in [1.165, 1.54) is 0 Å². The average Bonchev–Trinajstić information content (AvgIpc) is 2.52. The molecule has 94 valence electrons. The number of nitrogens with one attached hydrogen (secondary N) is 1. The van der Waals surface area contributed by atoms with Crippen LogP contribution in [0.3, 0.4) is 0 Å². The Kier molecular flexibility index (Phi) is 3.83. The second kappa shape index (κ2) is 5.54. The molecule has 0 spiro atoms. The molecule has 1 amide bonds. The van der Waals surface area contributed by atoms with E-state index >= 15 is 0 Å². The third kappa shape index (κ3) is 2.80. The zero-order valence-corrected chi connectivity index (χ0v) is 10.4. The predicted octanol–water partition coefficient (Wildman–Crippen LogP) is 2.24. The number of carbonyl (C=O) groups excluding carboxylic acids is 1. The smallest absolute Gasteiger partial charge is 0.234 e. The van der Waals surface area contributed by atoms with Crippen molar-refractivity contribution in [1.82, 2.24) is 5.32 Å². The molecule has 2 rings (SSSR count). The number of fused-ring (bicyclic) bond motifs is 1. The molecule has 1 heterocycles. The first kappa shape index (κ1) is 12.4. The Hall–Kier alpha value is -2.02. The van der Waals surface area contributed by atoms with Crippen molar-refractivity contribution in [3.05, 3.63) is 29.3 Å². The third-order valence-corrected chi connectivity index (χ3v) is 3.01. The van der Waals surface area contributed by atoms with Gasteiger partial charge in [-0.15, -0.1) is 0 Å². The number of ether oxygens (including phenoxy) is 1. The maximum atomic E-state index is 11.5. The lowest BCUT2D eigenvalue weighted by Crippen LogP contribution is -2.27. The number of aryl methyl sites for hydroxylation is 1. The van der Waals surface area contributed by atoms with E-state index in [0.717, 1.165) is 29.7 Å².